The minimum absolute atomic E-state index is 0.0371. The lowest BCUT2D eigenvalue weighted by molar-refractivity contribution is -0.119. The van der Waals surface area contributed by atoms with Gasteiger partial charge >= 0.3 is 0 Å². The number of hydrogen-bond acceptors (Lipinski definition) is 4. The Morgan fingerprint density at radius 2 is 2.00 bits per heavy atom. The van der Waals surface area contributed by atoms with Crippen LogP contribution < -0.4 is 5.32 Å². The number of benzene rings is 1. The third-order valence-electron chi connectivity index (χ3n) is 4.73. The van der Waals surface area contributed by atoms with Crippen LogP contribution in [0.15, 0.2) is 29.4 Å². The Morgan fingerprint density at radius 3 is 2.72 bits per heavy atom. The maximum atomic E-state index is 13.0. The summed E-state index contributed by atoms with van der Waals surface area (Å²) < 4.78 is 14.9. The predicted molar refractivity (Wildman–Crippen MR) is 96.7 cm³/mol. The minimum Gasteiger partial charge on any atom is -0.352 e. The van der Waals surface area contributed by atoms with E-state index in [0.29, 0.717) is 22.7 Å². The smallest absolute Gasteiger partial charge is 0.230 e. The Hall–Kier alpha value is -1.89. The Kier molecular flexibility index (Phi) is 5.73. The Bertz CT molecular complexity index is 731. The first-order valence-electron chi connectivity index (χ1n) is 8.62. The Balaban J connectivity index is 1.58. The number of thioether (sulfide) groups is 1. The first kappa shape index (κ1) is 17.9. The van der Waals surface area contributed by atoms with E-state index in [1.165, 1.54) is 43.2 Å². The van der Waals surface area contributed by atoms with Gasteiger partial charge in [-0.25, -0.2) is 4.39 Å². The monoisotopic (exact) mass is 362 g/mol. The highest BCUT2D eigenvalue weighted by Gasteiger charge is 2.23. The van der Waals surface area contributed by atoms with Gasteiger partial charge in [-0.1, -0.05) is 31.5 Å². The molecule has 2 aromatic rings. The van der Waals surface area contributed by atoms with E-state index in [2.05, 4.69) is 22.4 Å². The van der Waals surface area contributed by atoms with Gasteiger partial charge in [0.05, 0.1) is 5.75 Å². The van der Waals surface area contributed by atoms with Crippen molar-refractivity contribution < 1.29 is 9.18 Å². The molecule has 1 heterocycles. The number of carbonyl (C=O) groups is 1. The molecule has 0 spiro atoms. The van der Waals surface area contributed by atoms with Crippen LogP contribution >= 0.6 is 11.8 Å². The van der Waals surface area contributed by atoms with Crippen molar-refractivity contribution in [3.63, 3.8) is 0 Å². The number of aromatic nitrogens is 3. The van der Waals surface area contributed by atoms with Gasteiger partial charge in [-0.2, -0.15) is 0 Å². The second kappa shape index (κ2) is 7.99. The first-order valence-corrected chi connectivity index (χ1v) is 9.60. The molecule has 25 heavy (non-hydrogen) atoms. The highest BCUT2D eigenvalue weighted by Crippen LogP contribution is 2.25. The molecule has 2 atom stereocenters. The van der Waals surface area contributed by atoms with E-state index in [-0.39, 0.29) is 17.8 Å². The van der Waals surface area contributed by atoms with E-state index < -0.39 is 0 Å². The van der Waals surface area contributed by atoms with E-state index in [4.69, 9.17) is 0 Å². The number of carbonyl (C=O) groups excluding carboxylic acids is 1. The van der Waals surface area contributed by atoms with Crippen LogP contribution in [0.3, 0.4) is 0 Å². The standard InChI is InChI=1S/C18H23FN4OS/c1-12-5-3-4-6-15(12)20-16(24)11-25-18-22-21-17(23(18)2)13-7-9-14(19)10-8-13/h7-10,12,15H,3-6,11H2,1-2H3,(H,20,24)/t12-,15-/m1/s1. The molecule has 1 aromatic heterocycles. The van der Waals surface area contributed by atoms with Gasteiger partial charge in [0.2, 0.25) is 5.91 Å². The summed E-state index contributed by atoms with van der Waals surface area (Å²) in [7, 11) is 1.85. The van der Waals surface area contributed by atoms with Crippen molar-refractivity contribution in [3.05, 3.63) is 30.1 Å². The minimum atomic E-state index is -0.283. The van der Waals surface area contributed by atoms with Crippen molar-refractivity contribution >= 4 is 17.7 Å². The lowest BCUT2D eigenvalue weighted by Gasteiger charge is -2.29. The fourth-order valence-corrected chi connectivity index (χ4v) is 3.92. The average Bonchev–Trinajstić information content (AvgIpc) is 2.97. The molecule has 1 N–H and O–H groups in total. The fourth-order valence-electron chi connectivity index (χ4n) is 3.20. The van der Waals surface area contributed by atoms with Crippen molar-refractivity contribution in [2.24, 2.45) is 13.0 Å². The zero-order valence-electron chi connectivity index (χ0n) is 14.5. The fraction of sp³-hybridized carbons (Fsp3) is 0.500. The largest absolute Gasteiger partial charge is 0.352 e. The van der Waals surface area contributed by atoms with Crippen LogP contribution in [0.2, 0.25) is 0 Å². The third-order valence-corrected chi connectivity index (χ3v) is 5.75. The molecular formula is C18H23FN4OS. The molecule has 3 rings (SSSR count). The molecular weight excluding hydrogens is 339 g/mol. The quantitative estimate of drug-likeness (QED) is 0.828. The van der Waals surface area contributed by atoms with E-state index in [1.807, 2.05) is 11.6 Å². The number of halogens is 1. The summed E-state index contributed by atoms with van der Waals surface area (Å²) in [4.78, 5) is 12.2. The zero-order chi connectivity index (χ0) is 17.8. The van der Waals surface area contributed by atoms with Crippen LogP contribution in [0.4, 0.5) is 4.39 Å². The first-order chi connectivity index (χ1) is 12.0. The van der Waals surface area contributed by atoms with E-state index in [9.17, 15) is 9.18 Å². The lowest BCUT2D eigenvalue weighted by atomic mass is 9.86. The Labute approximate surface area is 151 Å². The van der Waals surface area contributed by atoms with Gasteiger partial charge < -0.3 is 9.88 Å². The average molecular weight is 362 g/mol. The molecule has 1 aromatic carbocycles. The molecule has 1 saturated carbocycles. The van der Waals surface area contributed by atoms with Crippen molar-refractivity contribution in [3.8, 4) is 11.4 Å². The summed E-state index contributed by atoms with van der Waals surface area (Å²) in [6, 6.07) is 6.43. The van der Waals surface area contributed by atoms with Gasteiger partial charge in [0.1, 0.15) is 5.82 Å². The van der Waals surface area contributed by atoms with Crippen LogP contribution in [0, 0.1) is 11.7 Å². The number of nitrogens with one attached hydrogen (secondary N) is 1. The summed E-state index contributed by atoms with van der Waals surface area (Å²) in [5, 5.41) is 12.1. The van der Waals surface area contributed by atoms with Crippen LogP contribution in [0.25, 0.3) is 11.4 Å². The second-order valence-corrected chi connectivity index (χ2v) is 7.54. The van der Waals surface area contributed by atoms with Crippen LogP contribution in [0.1, 0.15) is 32.6 Å². The molecule has 1 fully saturated rings. The lowest BCUT2D eigenvalue weighted by Crippen LogP contribution is -2.41. The van der Waals surface area contributed by atoms with E-state index in [0.717, 1.165) is 12.0 Å². The SMILES string of the molecule is C[C@@H]1CCCC[C@H]1NC(=O)CSc1nnc(-c2ccc(F)cc2)n1C. The highest BCUT2D eigenvalue weighted by molar-refractivity contribution is 7.99. The number of rotatable bonds is 5. The molecule has 0 radical (unpaired) electrons. The number of nitrogens with zero attached hydrogens (tertiary/aromatic N) is 3. The predicted octanol–water partition coefficient (Wildman–Crippen LogP) is 3.41. The van der Waals surface area contributed by atoms with Gasteiger partial charge in [0.15, 0.2) is 11.0 Å². The summed E-state index contributed by atoms with van der Waals surface area (Å²) in [6.07, 6.45) is 4.69. The van der Waals surface area contributed by atoms with Crippen LogP contribution in [0.5, 0.6) is 0 Å². The molecule has 0 aliphatic heterocycles. The van der Waals surface area contributed by atoms with Crippen molar-refractivity contribution in [2.45, 2.75) is 43.8 Å². The summed E-state index contributed by atoms with van der Waals surface area (Å²) in [6.45, 7) is 2.20. The topological polar surface area (TPSA) is 59.8 Å². The van der Waals surface area contributed by atoms with Crippen molar-refractivity contribution in [1.29, 1.82) is 0 Å². The van der Waals surface area contributed by atoms with Gasteiger partial charge in [-0.3, -0.25) is 4.79 Å². The Morgan fingerprint density at radius 1 is 1.28 bits per heavy atom. The molecule has 1 amide bonds. The second-order valence-electron chi connectivity index (χ2n) is 6.60. The van der Waals surface area contributed by atoms with Crippen molar-refractivity contribution in [2.75, 3.05) is 5.75 Å². The van der Waals surface area contributed by atoms with Gasteiger partial charge in [-0.05, 0) is 43.0 Å². The zero-order valence-corrected chi connectivity index (χ0v) is 15.4. The maximum Gasteiger partial charge on any atom is 0.230 e. The maximum absolute atomic E-state index is 13.0. The van der Waals surface area contributed by atoms with Crippen molar-refractivity contribution in [1.82, 2.24) is 20.1 Å². The number of amides is 1. The molecule has 7 heteroatoms. The van der Waals surface area contributed by atoms with Gasteiger partial charge in [0.25, 0.3) is 0 Å². The van der Waals surface area contributed by atoms with E-state index >= 15 is 0 Å². The summed E-state index contributed by atoms with van der Waals surface area (Å²) in [5.41, 5.74) is 0.795. The highest BCUT2D eigenvalue weighted by atomic mass is 32.2. The molecule has 5 nitrogen and oxygen atoms in total. The molecule has 134 valence electrons. The molecule has 0 saturated heterocycles. The third kappa shape index (κ3) is 4.39. The number of hydrogen-bond donors (Lipinski definition) is 1. The summed E-state index contributed by atoms with van der Waals surface area (Å²) >= 11 is 1.37. The molecule has 1 aliphatic carbocycles. The summed E-state index contributed by atoms with van der Waals surface area (Å²) in [5.74, 6) is 1.27. The van der Waals surface area contributed by atoms with Gasteiger partial charge in [0, 0.05) is 18.7 Å². The molecule has 0 bridgehead atoms. The normalized spacial score (nSPS) is 20.4. The molecule has 0 unspecified atom stereocenters. The van der Waals surface area contributed by atoms with E-state index in [1.54, 1.807) is 12.1 Å². The van der Waals surface area contributed by atoms with Gasteiger partial charge in [-0.15, -0.1) is 10.2 Å². The van der Waals surface area contributed by atoms with Crippen LogP contribution in [-0.2, 0) is 11.8 Å². The molecule has 1 aliphatic rings. The van der Waals surface area contributed by atoms with Crippen LogP contribution in [-0.4, -0.2) is 32.5 Å².